The molecule has 7 nitrogen and oxygen atoms in total. The summed E-state index contributed by atoms with van der Waals surface area (Å²) in [5.41, 5.74) is 2.08. The molecule has 3 aromatic carbocycles. The SMILES string of the molecule is CCOc1cc(/C=C2/SC(=O)N(CC(=O)Nc3cccc(Cl)c3)C2=O)cc(I)c1OCc1ccc(Cl)cc1. The van der Waals surface area contributed by atoms with E-state index < -0.39 is 23.6 Å². The average molecular weight is 683 g/mol. The van der Waals surface area contributed by atoms with Crippen LogP contribution >= 0.6 is 57.6 Å². The molecule has 1 heterocycles. The van der Waals surface area contributed by atoms with Gasteiger partial charge < -0.3 is 14.8 Å². The summed E-state index contributed by atoms with van der Waals surface area (Å²) in [6.07, 6.45) is 1.60. The van der Waals surface area contributed by atoms with Crippen LogP contribution in [0.15, 0.2) is 65.6 Å². The standard InChI is InChI=1S/C27H21Cl2IN2O5S/c1-2-36-22-11-17(10-21(30)25(22)37-15-16-6-8-18(28)9-7-16)12-23-26(34)32(27(35)38-23)14-24(33)31-20-5-3-4-19(29)13-20/h3-13H,2,14-15H2,1H3,(H,31,33)/b23-12+. The van der Waals surface area contributed by atoms with Crippen molar-refractivity contribution in [3.05, 3.63) is 90.3 Å². The quantitative estimate of drug-likeness (QED) is 0.189. The summed E-state index contributed by atoms with van der Waals surface area (Å²) < 4.78 is 12.6. The van der Waals surface area contributed by atoms with Crippen LogP contribution in [0.4, 0.5) is 10.5 Å². The van der Waals surface area contributed by atoms with E-state index in [2.05, 4.69) is 27.9 Å². The van der Waals surface area contributed by atoms with Gasteiger partial charge in [-0.15, -0.1) is 0 Å². The third kappa shape index (κ3) is 7.22. The largest absolute Gasteiger partial charge is 0.490 e. The fourth-order valence-electron chi connectivity index (χ4n) is 3.51. The second-order valence-electron chi connectivity index (χ2n) is 8.00. The summed E-state index contributed by atoms with van der Waals surface area (Å²) >= 11 is 14.8. The van der Waals surface area contributed by atoms with Crippen LogP contribution in [0.2, 0.25) is 10.0 Å². The first-order valence-corrected chi connectivity index (χ1v) is 14.0. The minimum absolute atomic E-state index is 0.207. The molecule has 3 aromatic rings. The minimum Gasteiger partial charge on any atom is -0.490 e. The van der Waals surface area contributed by atoms with Crippen LogP contribution < -0.4 is 14.8 Å². The fraction of sp³-hybridized carbons (Fsp3) is 0.148. The highest BCUT2D eigenvalue weighted by atomic mass is 127. The van der Waals surface area contributed by atoms with Crippen molar-refractivity contribution in [3.63, 3.8) is 0 Å². The van der Waals surface area contributed by atoms with Gasteiger partial charge in [0, 0.05) is 15.7 Å². The maximum Gasteiger partial charge on any atom is 0.294 e. The Hall–Kier alpha value is -2.73. The molecular weight excluding hydrogens is 662 g/mol. The molecule has 0 radical (unpaired) electrons. The molecule has 0 unspecified atom stereocenters. The number of anilines is 1. The van der Waals surface area contributed by atoms with E-state index in [9.17, 15) is 14.4 Å². The fourth-order valence-corrected chi connectivity index (χ4v) is 5.44. The normalized spacial score (nSPS) is 14.2. The van der Waals surface area contributed by atoms with Crippen molar-refractivity contribution in [2.45, 2.75) is 13.5 Å². The van der Waals surface area contributed by atoms with Crippen LogP contribution in [-0.4, -0.2) is 35.1 Å². The molecule has 38 heavy (non-hydrogen) atoms. The Labute approximate surface area is 247 Å². The first-order valence-electron chi connectivity index (χ1n) is 11.4. The summed E-state index contributed by atoms with van der Waals surface area (Å²) in [6, 6.07) is 17.6. The van der Waals surface area contributed by atoms with Gasteiger partial charge in [-0.2, -0.15) is 0 Å². The molecule has 0 aromatic heterocycles. The van der Waals surface area contributed by atoms with Gasteiger partial charge in [0.15, 0.2) is 11.5 Å². The van der Waals surface area contributed by atoms with Crippen LogP contribution in [0.5, 0.6) is 11.5 Å². The van der Waals surface area contributed by atoms with E-state index in [1.807, 2.05) is 25.1 Å². The van der Waals surface area contributed by atoms with Crippen molar-refractivity contribution in [1.29, 1.82) is 0 Å². The lowest BCUT2D eigenvalue weighted by molar-refractivity contribution is -0.127. The first kappa shape index (κ1) is 28.3. The molecule has 1 saturated heterocycles. The van der Waals surface area contributed by atoms with E-state index in [1.165, 1.54) is 0 Å². The van der Waals surface area contributed by atoms with E-state index in [0.29, 0.717) is 46.0 Å². The van der Waals surface area contributed by atoms with Crippen LogP contribution in [0.25, 0.3) is 6.08 Å². The predicted octanol–water partition coefficient (Wildman–Crippen LogP) is 7.25. The molecule has 4 rings (SSSR count). The molecule has 0 spiro atoms. The Bertz CT molecular complexity index is 1420. The summed E-state index contributed by atoms with van der Waals surface area (Å²) in [5.74, 6) is 0.0357. The number of amides is 3. The highest BCUT2D eigenvalue weighted by molar-refractivity contribution is 14.1. The third-order valence-electron chi connectivity index (χ3n) is 5.21. The molecule has 0 atom stereocenters. The third-order valence-corrected chi connectivity index (χ3v) is 7.41. The van der Waals surface area contributed by atoms with E-state index in [1.54, 1.807) is 48.5 Å². The zero-order chi connectivity index (χ0) is 27.2. The van der Waals surface area contributed by atoms with Gasteiger partial charge in [0.25, 0.3) is 11.1 Å². The molecular formula is C27H21Cl2IN2O5S. The summed E-state index contributed by atoms with van der Waals surface area (Å²) in [6.45, 7) is 2.19. The maximum atomic E-state index is 13.0. The second-order valence-corrected chi connectivity index (χ2v) is 11.0. The molecule has 11 heteroatoms. The molecule has 3 amide bonds. The number of benzene rings is 3. The number of imide groups is 1. The Kier molecular flexibility index (Phi) is 9.59. The lowest BCUT2D eigenvalue weighted by atomic mass is 10.1. The second kappa shape index (κ2) is 12.9. The molecule has 0 aliphatic carbocycles. The zero-order valence-corrected chi connectivity index (χ0v) is 24.5. The topological polar surface area (TPSA) is 84.9 Å². The van der Waals surface area contributed by atoms with Gasteiger partial charge in [-0.25, -0.2) is 0 Å². The van der Waals surface area contributed by atoms with Crippen molar-refractivity contribution in [2.75, 3.05) is 18.5 Å². The van der Waals surface area contributed by atoms with Crippen molar-refractivity contribution in [2.24, 2.45) is 0 Å². The van der Waals surface area contributed by atoms with E-state index in [-0.39, 0.29) is 4.91 Å². The number of ether oxygens (including phenoxy) is 2. The van der Waals surface area contributed by atoms with Crippen LogP contribution in [-0.2, 0) is 16.2 Å². The Morgan fingerprint density at radius 1 is 1.05 bits per heavy atom. The van der Waals surface area contributed by atoms with Gasteiger partial charge in [-0.3, -0.25) is 19.3 Å². The minimum atomic E-state index is -0.544. The Morgan fingerprint density at radius 2 is 1.82 bits per heavy atom. The van der Waals surface area contributed by atoms with Gasteiger partial charge in [0.2, 0.25) is 5.91 Å². The molecule has 1 aliphatic heterocycles. The number of carbonyl (C=O) groups is 3. The van der Waals surface area contributed by atoms with Gasteiger partial charge in [-0.1, -0.05) is 41.4 Å². The summed E-state index contributed by atoms with van der Waals surface area (Å²) in [5, 5.41) is 3.22. The molecule has 196 valence electrons. The highest BCUT2D eigenvalue weighted by Crippen LogP contribution is 2.38. The zero-order valence-electron chi connectivity index (χ0n) is 20.0. The number of nitrogens with zero attached hydrogens (tertiary/aromatic N) is 1. The van der Waals surface area contributed by atoms with Crippen molar-refractivity contribution in [3.8, 4) is 11.5 Å². The molecule has 0 bridgehead atoms. The smallest absolute Gasteiger partial charge is 0.294 e. The van der Waals surface area contributed by atoms with E-state index in [0.717, 1.165) is 25.8 Å². The number of thioether (sulfide) groups is 1. The van der Waals surface area contributed by atoms with Gasteiger partial charge >= 0.3 is 0 Å². The average Bonchev–Trinajstić information content (AvgIpc) is 3.12. The monoisotopic (exact) mass is 682 g/mol. The number of hydrogen-bond donors (Lipinski definition) is 1. The van der Waals surface area contributed by atoms with E-state index >= 15 is 0 Å². The van der Waals surface area contributed by atoms with Crippen LogP contribution in [0, 0.1) is 3.57 Å². The molecule has 1 aliphatic rings. The summed E-state index contributed by atoms with van der Waals surface area (Å²) in [7, 11) is 0. The Balaban J connectivity index is 1.48. The summed E-state index contributed by atoms with van der Waals surface area (Å²) in [4.78, 5) is 39.1. The number of rotatable bonds is 9. The first-order chi connectivity index (χ1) is 18.2. The van der Waals surface area contributed by atoms with Crippen molar-refractivity contribution >= 4 is 86.4 Å². The van der Waals surface area contributed by atoms with Crippen molar-refractivity contribution in [1.82, 2.24) is 4.90 Å². The molecule has 0 saturated carbocycles. The molecule has 1 fully saturated rings. The van der Waals surface area contributed by atoms with Gasteiger partial charge in [0.1, 0.15) is 13.2 Å². The number of nitrogens with one attached hydrogen (secondary N) is 1. The van der Waals surface area contributed by atoms with Crippen molar-refractivity contribution < 1.29 is 23.9 Å². The predicted molar refractivity (Wildman–Crippen MR) is 159 cm³/mol. The van der Waals surface area contributed by atoms with Crippen LogP contribution in [0.1, 0.15) is 18.1 Å². The number of hydrogen-bond acceptors (Lipinski definition) is 6. The number of halogens is 3. The molecule has 1 N–H and O–H groups in total. The maximum absolute atomic E-state index is 13.0. The van der Waals surface area contributed by atoms with Gasteiger partial charge in [0.05, 0.1) is 15.1 Å². The lowest BCUT2D eigenvalue weighted by Gasteiger charge is -2.15. The number of carbonyl (C=O) groups excluding carboxylic acids is 3. The van der Waals surface area contributed by atoms with Gasteiger partial charge in [-0.05, 0) is 101 Å². The lowest BCUT2D eigenvalue weighted by Crippen LogP contribution is -2.36. The Morgan fingerprint density at radius 3 is 2.53 bits per heavy atom. The van der Waals surface area contributed by atoms with E-state index in [4.69, 9.17) is 32.7 Å². The highest BCUT2D eigenvalue weighted by Gasteiger charge is 2.36. The van der Waals surface area contributed by atoms with Crippen LogP contribution in [0.3, 0.4) is 0 Å².